The fourth-order valence-corrected chi connectivity index (χ4v) is 7.54. The van der Waals surface area contributed by atoms with Crippen LogP contribution in [0.15, 0.2) is 42.9 Å². The van der Waals surface area contributed by atoms with E-state index < -0.39 is 0 Å². The molecule has 3 aromatic rings. The molecule has 0 aliphatic carbocycles. The van der Waals surface area contributed by atoms with Gasteiger partial charge in [0.2, 0.25) is 0 Å². The molecule has 1 atom stereocenters. The summed E-state index contributed by atoms with van der Waals surface area (Å²) >= 11 is 6.51. The van der Waals surface area contributed by atoms with Crippen molar-refractivity contribution in [1.29, 1.82) is 0 Å². The third-order valence-electron chi connectivity index (χ3n) is 7.33. The standard InChI is InChI=1S/C28H35ClIN7/c1-28(18-30-2)10-13-36(15-14-35(3)4)25-16-20(7-8-22(25)28)34-26-21-9-12-37(17-24(21)32-19-33-26)27-23(29)6-5-11-31-27/h5-8,11,16,18-19H,9-10,12-15,17H2,1-4H3,(H,32,33,34). The number of nitrogens with one attached hydrogen (secondary N) is 1. The molecule has 0 radical (unpaired) electrons. The van der Waals surface area contributed by atoms with Crippen LogP contribution >= 0.6 is 32.3 Å². The lowest BCUT2D eigenvalue weighted by atomic mass is 9.77. The van der Waals surface area contributed by atoms with Crippen molar-refractivity contribution in [3.8, 4) is 0 Å². The maximum absolute atomic E-state index is 6.42. The number of hydrogen-bond acceptors (Lipinski definition) is 7. The number of fused-ring (bicyclic) bond motifs is 2. The van der Waals surface area contributed by atoms with Crippen LogP contribution in [-0.4, -0.2) is 69.1 Å². The molecule has 9 heteroatoms. The summed E-state index contributed by atoms with van der Waals surface area (Å²) in [6.07, 6.45) is 5.44. The van der Waals surface area contributed by atoms with E-state index in [2.05, 4.69) is 83.1 Å². The smallest absolute Gasteiger partial charge is 0.147 e. The van der Waals surface area contributed by atoms with E-state index >= 15 is 0 Å². The Bertz CT molecular complexity index is 1300. The van der Waals surface area contributed by atoms with Crippen molar-refractivity contribution in [2.45, 2.75) is 31.7 Å². The number of aromatic nitrogens is 3. The Hall–Kier alpha value is -2.30. The molecule has 1 N–H and O–H groups in total. The van der Waals surface area contributed by atoms with Crippen molar-refractivity contribution in [3.63, 3.8) is 0 Å². The Labute approximate surface area is 235 Å². The van der Waals surface area contributed by atoms with Gasteiger partial charge in [0, 0.05) is 54.7 Å². The van der Waals surface area contributed by atoms with E-state index in [1.54, 1.807) is 12.5 Å². The van der Waals surface area contributed by atoms with Gasteiger partial charge in [0.05, 0.1) is 17.3 Å². The average molecular weight is 632 g/mol. The molecular formula is C28H35ClIN7. The number of alkyl halides is 1. The maximum atomic E-state index is 6.42. The monoisotopic (exact) mass is 631 g/mol. The van der Waals surface area contributed by atoms with Gasteiger partial charge in [-0.05, 0) is 65.7 Å². The van der Waals surface area contributed by atoms with Crippen LogP contribution in [0, 0.1) is 0 Å². The number of anilines is 4. The largest absolute Gasteiger partial charge is 0.370 e. The lowest BCUT2D eigenvalue weighted by Gasteiger charge is -2.41. The van der Waals surface area contributed by atoms with Gasteiger partial charge in [-0.1, -0.05) is 24.6 Å². The molecule has 0 saturated carbocycles. The Morgan fingerprint density at radius 3 is 2.84 bits per heavy atom. The molecular weight excluding hydrogens is 597 g/mol. The summed E-state index contributed by atoms with van der Waals surface area (Å²) in [6.45, 7) is 7.04. The van der Waals surface area contributed by atoms with Gasteiger partial charge in [-0.3, -0.25) is 0 Å². The first-order chi connectivity index (χ1) is 17.9. The highest BCUT2D eigenvalue weighted by atomic mass is 127. The number of likely N-dealkylation sites (N-methyl/N-ethyl adjacent to an activating group) is 1. The van der Waals surface area contributed by atoms with Gasteiger partial charge in [-0.25, -0.2) is 15.0 Å². The molecule has 0 spiro atoms. The molecule has 1 unspecified atom stereocenters. The third-order valence-corrected chi connectivity index (χ3v) is 9.62. The molecule has 2 aliphatic rings. The van der Waals surface area contributed by atoms with Gasteiger partial charge in [-0.2, -0.15) is 0 Å². The lowest BCUT2D eigenvalue weighted by Crippen LogP contribution is -2.42. The quantitative estimate of drug-likeness (QED) is 0.282. The normalized spacial score (nSPS) is 19.5. The highest BCUT2D eigenvalue weighted by Crippen LogP contribution is 2.41. The lowest BCUT2D eigenvalue weighted by molar-refractivity contribution is 0.406. The first-order valence-electron chi connectivity index (χ1n) is 12.7. The Kier molecular flexibility index (Phi) is 7.97. The summed E-state index contributed by atoms with van der Waals surface area (Å²) in [5.74, 6) is 1.70. The highest BCUT2D eigenvalue weighted by molar-refractivity contribution is 14.2. The number of halogens is 2. The van der Waals surface area contributed by atoms with E-state index in [0.717, 1.165) is 55.6 Å². The molecule has 7 nitrogen and oxygen atoms in total. The van der Waals surface area contributed by atoms with Gasteiger partial charge < -0.3 is 20.0 Å². The maximum Gasteiger partial charge on any atom is 0.147 e. The van der Waals surface area contributed by atoms with E-state index in [9.17, 15) is 0 Å². The predicted octanol–water partition coefficient (Wildman–Crippen LogP) is 5.26. The molecule has 0 saturated heterocycles. The number of pyridine rings is 1. The second-order valence-corrected chi connectivity index (χ2v) is 12.5. The van der Waals surface area contributed by atoms with Crippen LogP contribution in [0.2, 0.25) is 5.02 Å². The summed E-state index contributed by atoms with van der Waals surface area (Å²) in [5, 5.41) is 4.31. The van der Waals surface area contributed by atoms with Crippen LogP contribution in [0.25, 0.3) is 0 Å². The molecule has 1 aromatic carbocycles. The van der Waals surface area contributed by atoms with Crippen molar-refractivity contribution in [3.05, 3.63) is 64.7 Å². The number of hydrogen-bond donors (Lipinski definition) is 1. The fourth-order valence-electron chi connectivity index (χ4n) is 5.27. The van der Waals surface area contributed by atoms with Gasteiger partial charge >= 0.3 is 0 Å². The Balaban J connectivity index is 1.43. The van der Waals surface area contributed by atoms with Crippen molar-refractivity contribution in [2.24, 2.45) is 0 Å². The number of benzene rings is 1. The van der Waals surface area contributed by atoms with Crippen LogP contribution in [0.3, 0.4) is 0 Å². The van der Waals surface area contributed by atoms with Crippen LogP contribution in [-0.2, 0) is 18.4 Å². The number of nitrogens with zero attached hydrogens (tertiary/aromatic N) is 6. The number of rotatable bonds is 7. The summed E-state index contributed by atoms with van der Waals surface area (Å²) in [5.41, 5.74) is 6.19. The molecule has 0 amide bonds. The van der Waals surface area contributed by atoms with E-state index in [0.29, 0.717) is 11.6 Å². The second-order valence-electron chi connectivity index (χ2n) is 10.3. The van der Waals surface area contributed by atoms with E-state index in [1.807, 2.05) is 12.1 Å². The van der Waals surface area contributed by atoms with Crippen molar-refractivity contribution >= 4 is 59.4 Å². The topological polar surface area (TPSA) is 60.4 Å². The van der Waals surface area contributed by atoms with Crippen LogP contribution < -0.4 is 15.1 Å². The Morgan fingerprint density at radius 1 is 1.19 bits per heavy atom. The van der Waals surface area contributed by atoms with E-state index in [1.165, 1.54) is 23.2 Å². The van der Waals surface area contributed by atoms with Crippen molar-refractivity contribution in [1.82, 2.24) is 19.9 Å². The molecule has 196 valence electrons. The van der Waals surface area contributed by atoms with Gasteiger partial charge in [0.25, 0.3) is 0 Å². The zero-order chi connectivity index (χ0) is 26.0. The zero-order valence-corrected chi connectivity index (χ0v) is 24.9. The molecule has 37 heavy (non-hydrogen) atoms. The minimum absolute atomic E-state index is 0.0943. The SMILES string of the molecule is CI=CC1(C)CCN(CCN(C)C)c2cc(Nc3ncnc4c3CCN(c3ncccc3Cl)C4)ccc21. The van der Waals surface area contributed by atoms with Crippen molar-refractivity contribution in [2.75, 3.05) is 60.3 Å². The zero-order valence-electron chi connectivity index (χ0n) is 22.0. The minimum Gasteiger partial charge on any atom is -0.370 e. The molecule has 4 heterocycles. The first kappa shape index (κ1) is 26.3. The molecule has 2 aromatic heterocycles. The van der Waals surface area contributed by atoms with Crippen LogP contribution in [0.5, 0.6) is 0 Å². The van der Waals surface area contributed by atoms with E-state index in [4.69, 9.17) is 11.6 Å². The Morgan fingerprint density at radius 2 is 2.05 bits per heavy atom. The predicted molar refractivity (Wildman–Crippen MR) is 165 cm³/mol. The summed E-state index contributed by atoms with van der Waals surface area (Å²) in [7, 11) is 4.28. The van der Waals surface area contributed by atoms with Crippen LogP contribution in [0.1, 0.15) is 30.2 Å². The summed E-state index contributed by atoms with van der Waals surface area (Å²) < 4.78 is 2.58. The van der Waals surface area contributed by atoms with Crippen LogP contribution in [0.4, 0.5) is 23.0 Å². The van der Waals surface area contributed by atoms with Gasteiger partial charge in [0.15, 0.2) is 0 Å². The summed E-state index contributed by atoms with van der Waals surface area (Å²) in [4.78, 5) is 23.1. The van der Waals surface area contributed by atoms with Crippen molar-refractivity contribution < 1.29 is 0 Å². The molecule has 5 rings (SSSR count). The van der Waals surface area contributed by atoms with Gasteiger partial charge in [0.1, 0.15) is 18.0 Å². The molecule has 2 aliphatic heterocycles. The molecule has 0 bridgehead atoms. The third kappa shape index (κ3) is 5.61. The average Bonchev–Trinajstić information content (AvgIpc) is 2.88. The first-order valence-corrected chi connectivity index (χ1v) is 16.5. The summed E-state index contributed by atoms with van der Waals surface area (Å²) in [6, 6.07) is 10.6. The van der Waals surface area contributed by atoms with Gasteiger partial charge in [-0.15, -0.1) is 20.7 Å². The molecule has 0 fully saturated rings. The van der Waals surface area contributed by atoms with E-state index in [-0.39, 0.29) is 26.1 Å². The second kappa shape index (κ2) is 11.2. The fraction of sp³-hybridized carbons (Fsp3) is 0.429. The highest BCUT2D eigenvalue weighted by Gasteiger charge is 2.33. The minimum atomic E-state index is 0.0943.